The second kappa shape index (κ2) is 6.82. The normalized spacial score (nSPS) is 11.7. The fraction of sp³-hybridized carbons (Fsp3) is 0.0385. The quantitative estimate of drug-likeness (QED) is 0.149. The van der Waals surface area contributed by atoms with E-state index in [2.05, 4.69) is 73.3 Å². The van der Waals surface area contributed by atoms with Crippen molar-refractivity contribution in [2.24, 2.45) is 5.10 Å². The van der Waals surface area contributed by atoms with E-state index < -0.39 is 0 Å². The third kappa shape index (κ3) is 2.71. The zero-order valence-corrected chi connectivity index (χ0v) is 15.5. The Bertz CT molecular complexity index is 1290. The van der Waals surface area contributed by atoms with E-state index in [4.69, 9.17) is 5.10 Å². The maximum atomic E-state index is 4.77. The van der Waals surface area contributed by atoms with Crippen molar-refractivity contribution in [2.45, 2.75) is 0 Å². The summed E-state index contributed by atoms with van der Waals surface area (Å²) < 4.78 is 0. The first kappa shape index (κ1) is 16.5. The van der Waals surface area contributed by atoms with Crippen molar-refractivity contribution in [3.63, 3.8) is 0 Å². The van der Waals surface area contributed by atoms with Gasteiger partial charge in [-0.2, -0.15) is 5.10 Å². The molecule has 0 saturated heterocycles. The molecule has 5 rings (SSSR count). The van der Waals surface area contributed by atoms with Crippen LogP contribution < -0.4 is 5.01 Å². The Balaban J connectivity index is 1.66. The number of benzene rings is 5. The molecule has 5 aromatic carbocycles. The molecule has 0 atom stereocenters. The maximum Gasteiger partial charge on any atom is 0.0597 e. The van der Waals surface area contributed by atoms with E-state index in [-0.39, 0.29) is 0 Å². The van der Waals surface area contributed by atoms with Crippen molar-refractivity contribution in [3.05, 3.63) is 103 Å². The molecule has 0 amide bonds. The molecule has 28 heavy (non-hydrogen) atoms. The van der Waals surface area contributed by atoms with Crippen molar-refractivity contribution in [2.75, 3.05) is 11.6 Å². The minimum Gasteiger partial charge on any atom is -0.262 e. The van der Waals surface area contributed by atoms with Crippen LogP contribution >= 0.6 is 0 Å². The molecule has 0 aliphatic heterocycles. The molecule has 0 N–H and O–H groups in total. The van der Waals surface area contributed by atoms with Crippen LogP contribution in [0.1, 0.15) is 5.56 Å². The molecule has 0 spiro atoms. The van der Waals surface area contributed by atoms with Gasteiger partial charge < -0.3 is 0 Å². The maximum absolute atomic E-state index is 4.77. The van der Waals surface area contributed by atoms with Crippen molar-refractivity contribution in [1.29, 1.82) is 0 Å². The third-order valence-electron chi connectivity index (χ3n) is 5.25. The van der Waals surface area contributed by atoms with E-state index >= 15 is 0 Å². The van der Waals surface area contributed by atoms with Gasteiger partial charge in [0.05, 0.1) is 18.4 Å². The fourth-order valence-corrected chi connectivity index (χ4v) is 3.94. The van der Waals surface area contributed by atoms with Crippen LogP contribution in [0.5, 0.6) is 0 Å². The Hall–Kier alpha value is -3.65. The summed E-state index contributed by atoms with van der Waals surface area (Å²) in [5.74, 6) is 0. The molecule has 134 valence electrons. The lowest BCUT2D eigenvalue weighted by Gasteiger charge is -2.17. The van der Waals surface area contributed by atoms with Gasteiger partial charge in [-0.25, -0.2) is 0 Å². The van der Waals surface area contributed by atoms with Crippen LogP contribution in [0.15, 0.2) is 103 Å². The van der Waals surface area contributed by atoms with Crippen molar-refractivity contribution >= 4 is 44.2 Å². The number of hydrogen-bond acceptors (Lipinski definition) is 2. The zero-order chi connectivity index (χ0) is 18.9. The molecular formula is C26H20N2. The Kier molecular flexibility index (Phi) is 4.02. The number of hydrazone groups is 1. The molecule has 0 aliphatic rings. The van der Waals surface area contributed by atoms with E-state index in [1.165, 1.54) is 32.3 Å². The van der Waals surface area contributed by atoms with Gasteiger partial charge in [0.15, 0.2) is 0 Å². The summed E-state index contributed by atoms with van der Waals surface area (Å²) in [6, 6.07) is 29.9. The second-order valence-corrected chi connectivity index (χ2v) is 6.96. The van der Waals surface area contributed by atoms with Gasteiger partial charge >= 0.3 is 0 Å². The van der Waals surface area contributed by atoms with Crippen molar-refractivity contribution in [1.82, 2.24) is 0 Å². The van der Waals surface area contributed by atoms with E-state index in [1.807, 2.05) is 35.5 Å². The summed E-state index contributed by atoms with van der Waals surface area (Å²) in [4.78, 5) is 0. The average molecular weight is 360 g/mol. The predicted octanol–water partition coefficient (Wildman–Crippen LogP) is 6.61. The van der Waals surface area contributed by atoms with E-state index in [1.54, 1.807) is 0 Å². The summed E-state index contributed by atoms with van der Waals surface area (Å²) in [6.07, 6.45) is 3.83. The van der Waals surface area contributed by atoms with Crippen LogP contribution in [0.3, 0.4) is 0 Å². The van der Waals surface area contributed by atoms with E-state index in [0.29, 0.717) is 6.54 Å². The first-order chi connectivity index (χ1) is 13.8. The molecule has 0 aliphatic carbocycles. The average Bonchev–Trinajstić information content (AvgIpc) is 2.76. The molecule has 0 bridgehead atoms. The molecule has 0 fully saturated rings. The standard InChI is InChI=1S/C26H20N2/c1-2-17-28(23-9-4-3-5-10-23)27-18-22-14-13-21-12-11-19-7-6-8-20-15-16-24(22)26(21)25(19)20/h2-16,18H,1,17H2/b27-18+. The first-order valence-corrected chi connectivity index (χ1v) is 9.49. The van der Waals surface area contributed by atoms with Crippen LogP contribution in [0.4, 0.5) is 5.69 Å². The van der Waals surface area contributed by atoms with Gasteiger partial charge in [0.2, 0.25) is 0 Å². The van der Waals surface area contributed by atoms with Crippen molar-refractivity contribution in [3.8, 4) is 0 Å². The minimum atomic E-state index is 0.659. The topological polar surface area (TPSA) is 15.6 Å². The highest BCUT2D eigenvalue weighted by Crippen LogP contribution is 2.35. The lowest BCUT2D eigenvalue weighted by Crippen LogP contribution is -2.16. The van der Waals surface area contributed by atoms with E-state index in [9.17, 15) is 0 Å². The Morgan fingerprint density at radius 1 is 0.714 bits per heavy atom. The predicted molar refractivity (Wildman–Crippen MR) is 122 cm³/mol. The highest BCUT2D eigenvalue weighted by atomic mass is 15.4. The van der Waals surface area contributed by atoms with Gasteiger partial charge in [-0.1, -0.05) is 78.9 Å². The Labute approximate surface area is 164 Å². The zero-order valence-electron chi connectivity index (χ0n) is 15.5. The highest BCUT2D eigenvalue weighted by molar-refractivity contribution is 6.25. The molecule has 0 radical (unpaired) electrons. The van der Waals surface area contributed by atoms with Crippen LogP contribution in [0.2, 0.25) is 0 Å². The van der Waals surface area contributed by atoms with E-state index in [0.717, 1.165) is 11.3 Å². The highest BCUT2D eigenvalue weighted by Gasteiger charge is 2.10. The SMILES string of the molecule is C=CCN(/N=C/c1ccc2ccc3cccc4ccc1c2c34)c1ccccc1. The lowest BCUT2D eigenvalue weighted by molar-refractivity contribution is 0.947. The monoisotopic (exact) mass is 360 g/mol. The van der Waals surface area contributed by atoms with Gasteiger partial charge in [-0.05, 0) is 44.5 Å². The Morgan fingerprint density at radius 2 is 1.39 bits per heavy atom. The van der Waals surface area contributed by atoms with Crippen LogP contribution in [0.25, 0.3) is 32.3 Å². The number of para-hydroxylation sites is 1. The fourth-order valence-electron chi connectivity index (χ4n) is 3.94. The summed E-state index contributed by atoms with van der Waals surface area (Å²) >= 11 is 0. The summed E-state index contributed by atoms with van der Waals surface area (Å²) in [5.41, 5.74) is 2.17. The van der Waals surface area contributed by atoms with Crippen LogP contribution in [-0.2, 0) is 0 Å². The van der Waals surface area contributed by atoms with Crippen LogP contribution in [0, 0.1) is 0 Å². The molecular weight excluding hydrogens is 340 g/mol. The molecule has 2 heteroatoms. The largest absolute Gasteiger partial charge is 0.262 e. The van der Waals surface area contributed by atoms with Gasteiger partial charge in [-0.15, -0.1) is 6.58 Å². The second-order valence-electron chi connectivity index (χ2n) is 6.96. The molecule has 0 saturated carbocycles. The molecule has 0 heterocycles. The number of rotatable bonds is 5. The smallest absolute Gasteiger partial charge is 0.0597 e. The van der Waals surface area contributed by atoms with Crippen LogP contribution in [-0.4, -0.2) is 12.8 Å². The molecule has 0 unspecified atom stereocenters. The number of nitrogens with zero attached hydrogens (tertiary/aromatic N) is 2. The number of anilines is 1. The summed E-state index contributed by atoms with van der Waals surface area (Å²) in [5, 5.41) is 14.4. The summed E-state index contributed by atoms with van der Waals surface area (Å²) in [7, 11) is 0. The molecule has 5 aromatic rings. The van der Waals surface area contributed by atoms with Crippen molar-refractivity contribution < 1.29 is 0 Å². The van der Waals surface area contributed by atoms with Gasteiger partial charge in [-0.3, -0.25) is 5.01 Å². The molecule has 2 nitrogen and oxygen atoms in total. The third-order valence-corrected chi connectivity index (χ3v) is 5.25. The number of hydrogen-bond donors (Lipinski definition) is 0. The van der Waals surface area contributed by atoms with Gasteiger partial charge in [0, 0.05) is 5.56 Å². The lowest BCUT2D eigenvalue weighted by atomic mass is 9.92. The first-order valence-electron chi connectivity index (χ1n) is 9.49. The summed E-state index contributed by atoms with van der Waals surface area (Å²) in [6.45, 7) is 4.53. The molecule has 0 aromatic heterocycles. The Morgan fingerprint density at radius 3 is 2.14 bits per heavy atom. The van der Waals surface area contributed by atoms with Gasteiger partial charge in [0.1, 0.15) is 0 Å². The van der Waals surface area contributed by atoms with Gasteiger partial charge in [0.25, 0.3) is 0 Å². The minimum absolute atomic E-state index is 0.659.